The van der Waals surface area contributed by atoms with Crippen LogP contribution < -0.4 is 0 Å². The van der Waals surface area contributed by atoms with Crippen molar-refractivity contribution in [2.75, 3.05) is 13.2 Å². The fourth-order valence-electron chi connectivity index (χ4n) is 8.85. The van der Waals surface area contributed by atoms with Gasteiger partial charge in [0.25, 0.3) is 0 Å². The third kappa shape index (κ3) is 56.2. The fraction of sp³-hybridized carbons (Fsp3) is 0.825. The first-order valence-electron chi connectivity index (χ1n) is 30.1. The summed E-state index contributed by atoms with van der Waals surface area (Å²) in [6.45, 7) is 6.56. The number of rotatable bonds is 55. The molecule has 1 unspecified atom stereocenters. The van der Waals surface area contributed by atoms with Crippen LogP contribution in [0.5, 0.6) is 0 Å². The first-order chi connectivity index (χ1) is 34.0. The van der Waals surface area contributed by atoms with E-state index < -0.39 is 6.10 Å². The summed E-state index contributed by atoms with van der Waals surface area (Å²) >= 11 is 0. The standard InChI is InChI=1S/C63H114O6/c1-4-7-10-13-16-19-22-24-26-28-30-31-32-33-34-36-37-39-41-44-47-50-53-56-62(65)68-59-60(58-67-61(64)55-52-49-46-43-21-18-15-12-9-6-3)69-63(66)57-54-51-48-45-42-40-38-35-29-27-25-23-20-17-14-11-8-5-2/h7,10,16,19,24,26,30-31,60H,4-6,8-9,11-15,17-18,20-23,25,27-29,32-59H2,1-3H3/b10-7-,19-16-,26-24-,31-30-. The summed E-state index contributed by atoms with van der Waals surface area (Å²) in [6, 6.07) is 0. The molecule has 0 aliphatic heterocycles. The van der Waals surface area contributed by atoms with Crippen molar-refractivity contribution in [3.63, 3.8) is 0 Å². The summed E-state index contributed by atoms with van der Waals surface area (Å²) in [5.74, 6) is -0.857. The predicted molar refractivity (Wildman–Crippen MR) is 298 cm³/mol. The highest BCUT2D eigenvalue weighted by Gasteiger charge is 2.19. The minimum Gasteiger partial charge on any atom is -0.462 e. The zero-order valence-electron chi connectivity index (χ0n) is 46.1. The number of unbranched alkanes of at least 4 members (excludes halogenated alkanes) is 36. The molecule has 69 heavy (non-hydrogen) atoms. The molecular formula is C63H114O6. The SMILES string of the molecule is CC/C=C\C/C=C\C/C=C\C/C=C\CCCCCCCCCCCCC(=O)OCC(COC(=O)CCCCCCCCCCCC)OC(=O)CCCCCCCCCCCCCCCCCCCC. The molecule has 0 fully saturated rings. The molecule has 0 heterocycles. The van der Waals surface area contributed by atoms with Crippen molar-refractivity contribution in [2.45, 2.75) is 322 Å². The van der Waals surface area contributed by atoms with Gasteiger partial charge in [0.15, 0.2) is 6.10 Å². The van der Waals surface area contributed by atoms with Crippen LogP contribution in [-0.4, -0.2) is 37.2 Å². The summed E-state index contributed by atoms with van der Waals surface area (Å²) in [6.07, 6.45) is 71.1. The van der Waals surface area contributed by atoms with E-state index in [2.05, 4.69) is 69.4 Å². The van der Waals surface area contributed by atoms with E-state index >= 15 is 0 Å². The number of carbonyl (C=O) groups is 3. The Morgan fingerprint density at radius 2 is 0.565 bits per heavy atom. The quantitative estimate of drug-likeness (QED) is 0.0262. The van der Waals surface area contributed by atoms with Gasteiger partial charge in [-0.05, 0) is 57.8 Å². The lowest BCUT2D eigenvalue weighted by Gasteiger charge is -2.18. The molecule has 0 radical (unpaired) electrons. The van der Waals surface area contributed by atoms with Crippen LogP contribution in [0.25, 0.3) is 0 Å². The highest BCUT2D eigenvalue weighted by atomic mass is 16.6. The third-order valence-corrected chi connectivity index (χ3v) is 13.3. The smallest absolute Gasteiger partial charge is 0.306 e. The second kappa shape index (κ2) is 57.9. The van der Waals surface area contributed by atoms with Crippen molar-refractivity contribution in [3.8, 4) is 0 Å². The molecule has 0 aliphatic carbocycles. The number of ether oxygens (including phenoxy) is 3. The van der Waals surface area contributed by atoms with Gasteiger partial charge in [0.05, 0.1) is 0 Å². The molecule has 6 nitrogen and oxygen atoms in total. The number of hydrogen-bond acceptors (Lipinski definition) is 6. The van der Waals surface area contributed by atoms with Crippen molar-refractivity contribution in [2.24, 2.45) is 0 Å². The molecule has 402 valence electrons. The van der Waals surface area contributed by atoms with Crippen LogP contribution in [0, 0.1) is 0 Å². The van der Waals surface area contributed by atoms with Crippen LogP contribution in [-0.2, 0) is 28.6 Å². The van der Waals surface area contributed by atoms with Gasteiger partial charge in [-0.2, -0.15) is 0 Å². The lowest BCUT2D eigenvalue weighted by Crippen LogP contribution is -2.30. The predicted octanol–water partition coefficient (Wildman–Crippen LogP) is 20.2. The second-order valence-corrected chi connectivity index (χ2v) is 20.2. The summed E-state index contributed by atoms with van der Waals surface area (Å²) in [5.41, 5.74) is 0. The molecule has 0 aromatic heterocycles. The molecule has 0 rings (SSSR count). The van der Waals surface area contributed by atoms with Crippen LogP contribution in [0.3, 0.4) is 0 Å². The van der Waals surface area contributed by atoms with E-state index in [1.54, 1.807) is 0 Å². The molecular weight excluding hydrogens is 853 g/mol. The van der Waals surface area contributed by atoms with Gasteiger partial charge in [-0.15, -0.1) is 0 Å². The molecule has 0 amide bonds. The number of carbonyl (C=O) groups excluding carboxylic acids is 3. The zero-order chi connectivity index (χ0) is 50.0. The molecule has 6 heteroatoms. The van der Waals surface area contributed by atoms with Crippen LogP contribution in [0.2, 0.25) is 0 Å². The Kier molecular flexibility index (Phi) is 55.7. The van der Waals surface area contributed by atoms with Crippen molar-refractivity contribution in [1.82, 2.24) is 0 Å². The number of esters is 3. The molecule has 0 aromatic rings. The Morgan fingerprint density at radius 3 is 0.884 bits per heavy atom. The largest absolute Gasteiger partial charge is 0.462 e. The normalized spacial score (nSPS) is 12.3. The average molecular weight is 968 g/mol. The third-order valence-electron chi connectivity index (χ3n) is 13.3. The van der Waals surface area contributed by atoms with E-state index in [4.69, 9.17) is 14.2 Å². The van der Waals surface area contributed by atoms with Crippen LogP contribution >= 0.6 is 0 Å². The van der Waals surface area contributed by atoms with Crippen LogP contribution in [0.15, 0.2) is 48.6 Å². The number of allylic oxidation sites excluding steroid dienone is 8. The first-order valence-corrected chi connectivity index (χ1v) is 30.1. The highest BCUT2D eigenvalue weighted by Crippen LogP contribution is 2.17. The van der Waals surface area contributed by atoms with Gasteiger partial charge < -0.3 is 14.2 Å². The van der Waals surface area contributed by atoms with Gasteiger partial charge in [0, 0.05) is 19.3 Å². The van der Waals surface area contributed by atoms with Gasteiger partial charge in [0.2, 0.25) is 0 Å². The molecule has 0 N–H and O–H groups in total. The Balaban J connectivity index is 4.24. The van der Waals surface area contributed by atoms with Crippen LogP contribution in [0.1, 0.15) is 316 Å². The Hall–Kier alpha value is -2.63. The maximum absolute atomic E-state index is 12.9. The van der Waals surface area contributed by atoms with E-state index in [1.165, 1.54) is 193 Å². The maximum Gasteiger partial charge on any atom is 0.306 e. The molecule has 0 saturated heterocycles. The average Bonchev–Trinajstić information content (AvgIpc) is 3.35. The van der Waals surface area contributed by atoms with E-state index in [9.17, 15) is 14.4 Å². The molecule has 0 spiro atoms. The molecule has 0 aromatic carbocycles. The van der Waals surface area contributed by atoms with E-state index in [-0.39, 0.29) is 31.1 Å². The summed E-state index contributed by atoms with van der Waals surface area (Å²) in [7, 11) is 0. The summed E-state index contributed by atoms with van der Waals surface area (Å²) in [4.78, 5) is 38.1. The number of hydrogen-bond donors (Lipinski definition) is 0. The fourth-order valence-corrected chi connectivity index (χ4v) is 8.85. The summed E-state index contributed by atoms with van der Waals surface area (Å²) < 4.78 is 16.9. The van der Waals surface area contributed by atoms with E-state index in [1.807, 2.05) is 0 Å². The second-order valence-electron chi connectivity index (χ2n) is 20.2. The maximum atomic E-state index is 12.9. The van der Waals surface area contributed by atoms with Gasteiger partial charge in [-0.1, -0.05) is 288 Å². The van der Waals surface area contributed by atoms with Gasteiger partial charge in [-0.3, -0.25) is 14.4 Å². The van der Waals surface area contributed by atoms with Crippen molar-refractivity contribution in [3.05, 3.63) is 48.6 Å². The molecule has 0 saturated carbocycles. The molecule has 1 atom stereocenters. The van der Waals surface area contributed by atoms with E-state index in [0.717, 1.165) is 83.5 Å². The van der Waals surface area contributed by atoms with Gasteiger partial charge in [-0.25, -0.2) is 0 Å². The topological polar surface area (TPSA) is 78.9 Å². The van der Waals surface area contributed by atoms with Crippen molar-refractivity contribution < 1.29 is 28.6 Å². The van der Waals surface area contributed by atoms with Crippen LogP contribution in [0.4, 0.5) is 0 Å². The van der Waals surface area contributed by atoms with Gasteiger partial charge >= 0.3 is 17.9 Å². The highest BCUT2D eigenvalue weighted by molar-refractivity contribution is 5.71. The van der Waals surface area contributed by atoms with Crippen molar-refractivity contribution >= 4 is 17.9 Å². The van der Waals surface area contributed by atoms with Crippen molar-refractivity contribution in [1.29, 1.82) is 0 Å². The van der Waals surface area contributed by atoms with Gasteiger partial charge in [0.1, 0.15) is 13.2 Å². The lowest BCUT2D eigenvalue weighted by molar-refractivity contribution is -0.167. The summed E-state index contributed by atoms with van der Waals surface area (Å²) in [5, 5.41) is 0. The first kappa shape index (κ1) is 66.4. The molecule has 0 bridgehead atoms. The lowest BCUT2D eigenvalue weighted by atomic mass is 10.0. The van der Waals surface area contributed by atoms with E-state index in [0.29, 0.717) is 19.3 Å². The Labute approximate surface area is 428 Å². The minimum atomic E-state index is -0.770. The Bertz CT molecular complexity index is 1200. The monoisotopic (exact) mass is 967 g/mol. The molecule has 0 aliphatic rings. The zero-order valence-corrected chi connectivity index (χ0v) is 46.1. The minimum absolute atomic E-state index is 0.0694. The Morgan fingerprint density at radius 1 is 0.304 bits per heavy atom.